The van der Waals surface area contributed by atoms with Crippen LogP contribution in [0.5, 0.6) is 0 Å². The van der Waals surface area contributed by atoms with Gasteiger partial charge in [0.1, 0.15) is 0 Å². The Morgan fingerprint density at radius 2 is 1.75 bits per heavy atom. The third-order valence-corrected chi connectivity index (χ3v) is 3.59. The zero-order valence-electron chi connectivity index (χ0n) is 14.1. The van der Waals surface area contributed by atoms with E-state index in [0.29, 0.717) is 6.61 Å². The van der Waals surface area contributed by atoms with Crippen LogP contribution in [0.4, 0.5) is 0 Å². The Morgan fingerprint density at radius 1 is 1.04 bits per heavy atom. The van der Waals surface area contributed by atoms with Crippen molar-refractivity contribution in [1.82, 2.24) is 4.98 Å². The van der Waals surface area contributed by atoms with Crippen molar-refractivity contribution >= 4 is 18.2 Å². The molecule has 1 atom stereocenters. The maximum absolute atomic E-state index is 9.92. The van der Waals surface area contributed by atoms with Gasteiger partial charge in [0.25, 0.3) is 0 Å². The van der Waals surface area contributed by atoms with Crippen molar-refractivity contribution in [3.8, 4) is 0 Å². The quantitative estimate of drug-likeness (QED) is 0.694. The van der Waals surface area contributed by atoms with E-state index in [1.165, 1.54) is 0 Å². The van der Waals surface area contributed by atoms with Crippen LogP contribution in [-0.4, -0.2) is 29.4 Å². The molecule has 0 aliphatic rings. The number of hydrogen-bond donors (Lipinski definition) is 1. The summed E-state index contributed by atoms with van der Waals surface area (Å²) in [4.78, 5) is 4.09. The number of nitrogens with zero attached hydrogens (tertiary/aromatic N) is 1. The molecule has 1 N–H and O–H groups in total. The summed E-state index contributed by atoms with van der Waals surface area (Å²) in [6, 6.07) is 12.2. The van der Waals surface area contributed by atoms with E-state index in [9.17, 15) is 5.11 Å². The fourth-order valence-corrected chi connectivity index (χ4v) is 2.24. The first kappa shape index (κ1) is 18.1. The average molecular weight is 323 g/mol. The number of hydrogen-bond acceptors (Lipinski definition) is 3. The molecule has 0 amide bonds. The van der Waals surface area contributed by atoms with Crippen molar-refractivity contribution in [2.75, 3.05) is 13.2 Å². The molecule has 0 saturated carbocycles. The van der Waals surface area contributed by atoms with Gasteiger partial charge < -0.3 is 9.84 Å². The standard InChI is InChI=1S/C21H25NO2/c1-2-24-16-4-6-21(23)14-13-19-9-7-18(8-10-19)11-12-20-5-3-15-22-17-20/h3,5,7-15,17,21,23H,2,4,6,16H2,1H3. The van der Waals surface area contributed by atoms with Gasteiger partial charge in [-0.05, 0) is 42.5 Å². The fraction of sp³-hybridized carbons (Fsp3) is 0.286. The first-order chi connectivity index (χ1) is 11.8. The van der Waals surface area contributed by atoms with Crippen molar-refractivity contribution in [2.24, 2.45) is 0 Å². The van der Waals surface area contributed by atoms with Crippen molar-refractivity contribution in [3.63, 3.8) is 0 Å². The zero-order valence-corrected chi connectivity index (χ0v) is 14.1. The van der Waals surface area contributed by atoms with Crippen LogP contribution in [0.1, 0.15) is 36.5 Å². The molecule has 2 aromatic rings. The van der Waals surface area contributed by atoms with Crippen LogP contribution in [0.15, 0.2) is 54.9 Å². The molecule has 2 rings (SSSR count). The smallest absolute Gasteiger partial charge is 0.0725 e. The van der Waals surface area contributed by atoms with Gasteiger partial charge in [-0.2, -0.15) is 0 Å². The number of pyridine rings is 1. The predicted octanol–water partition coefficient (Wildman–Crippen LogP) is 4.44. The molecule has 1 aromatic heterocycles. The number of rotatable bonds is 9. The molecule has 0 aliphatic carbocycles. The van der Waals surface area contributed by atoms with Crippen LogP contribution in [0, 0.1) is 0 Å². The van der Waals surface area contributed by atoms with Gasteiger partial charge in [0.2, 0.25) is 0 Å². The molecule has 0 radical (unpaired) electrons. The Labute approximate surface area is 144 Å². The SMILES string of the molecule is CCOCCCC(O)C=Cc1ccc(C=Cc2cccnc2)cc1. The molecule has 3 nitrogen and oxygen atoms in total. The lowest BCUT2D eigenvalue weighted by Gasteiger charge is -2.05. The molecule has 1 aromatic carbocycles. The minimum Gasteiger partial charge on any atom is -0.389 e. The van der Waals surface area contributed by atoms with Crippen LogP contribution in [0.3, 0.4) is 0 Å². The van der Waals surface area contributed by atoms with Gasteiger partial charge >= 0.3 is 0 Å². The highest BCUT2D eigenvalue weighted by Crippen LogP contribution is 2.11. The van der Waals surface area contributed by atoms with Crippen LogP contribution in [0.2, 0.25) is 0 Å². The average Bonchev–Trinajstić information content (AvgIpc) is 2.63. The Morgan fingerprint density at radius 3 is 2.42 bits per heavy atom. The number of benzene rings is 1. The summed E-state index contributed by atoms with van der Waals surface area (Å²) in [6.07, 6.45) is 12.7. The second-order valence-electron chi connectivity index (χ2n) is 5.55. The van der Waals surface area contributed by atoms with Gasteiger partial charge in [-0.15, -0.1) is 0 Å². The van der Waals surface area contributed by atoms with E-state index < -0.39 is 6.10 Å². The highest BCUT2D eigenvalue weighted by atomic mass is 16.5. The van der Waals surface area contributed by atoms with E-state index in [2.05, 4.69) is 23.2 Å². The minimum atomic E-state index is -0.421. The maximum Gasteiger partial charge on any atom is 0.0725 e. The lowest BCUT2D eigenvalue weighted by Crippen LogP contribution is -2.04. The molecule has 0 fully saturated rings. The van der Waals surface area contributed by atoms with Crippen molar-refractivity contribution < 1.29 is 9.84 Å². The van der Waals surface area contributed by atoms with E-state index in [-0.39, 0.29) is 0 Å². The molecule has 1 unspecified atom stereocenters. The molecular weight excluding hydrogens is 298 g/mol. The second-order valence-corrected chi connectivity index (χ2v) is 5.55. The molecule has 1 heterocycles. The van der Waals surface area contributed by atoms with Crippen LogP contribution < -0.4 is 0 Å². The monoisotopic (exact) mass is 323 g/mol. The lowest BCUT2D eigenvalue weighted by atomic mass is 10.1. The van der Waals surface area contributed by atoms with Gasteiger partial charge in [-0.25, -0.2) is 0 Å². The Kier molecular flexibility index (Phi) is 7.94. The topological polar surface area (TPSA) is 42.4 Å². The molecule has 0 aliphatic heterocycles. The molecule has 3 heteroatoms. The van der Waals surface area contributed by atoms with E-state index in [1.54, 1.807) is 6.20 Å². The first-order valence-electron chi connectivity index (χ1n) is 8.40. The summed E-state index contributed by atoms with van der Waals surface area (Å²) in [5, 5.41) is 9.92. The van der Waals surface area contributed by atoms with E-state index >= 15 is 0 Å². The van der Waals surface area contributed by atoms with Gasteiger partial charge in [0.15, 0.2) is 0 Å². The summed E-state index contributed by atoms with van der Waals surface area (Å²) in [5.74, 6) is 0. The largest absolute Gasteiger partial charge is 0.389 e. The molecule has 0 bridgehead atoms. The summed E-state index contributed by atoms with van der Waals surface area (Å²) >= 11 is 0. The molecule has 0 spiro atoms. The summed E-state index contributed by atoms with van der Waals surface area (Å²) in [5.41, 5.74) is 3.29. The van der Waals surface area contributed by atoms with Gasteiger partial charge in [-0.3, -0.25) is 4.98 Å². The van der Waals surface area contributed by atoms with Crippen LogP contribution >= 0.6 is 0 Å². The summed E-state index contributed by atoms with van der Waals surface area (Å²) in [7, 11) is 0. The number of ether oxygens (including phenoxy) is 1. The van der Waals surface area contributed by atoms with Gasteiger partial charge in [0.05, 0.1) is 6.10 Å². The first-order valence-corrected chi connectivity index (χ1v) is 8.40. The van der Waals surface area contributed by atoms with Gasteiger partial charge in [-0.1, -0.05) is 54.6 Å². The summed E-state index contributed by atoms with van der Waals surface area (Å²) < 4.78 is 5.27. The summed E-state index contributed by atoms with van der Waals surface area (Å²) in [6.45, 7) is 3.42. The molecule has 0 saturated heterocycles. The maximum atomic E-state index is 9.92. The minimum absolute atomic E-state index is 0.421. The Hall–Kier alpha value is -2.23. The van der Waals surface area contributed by atoms with Crippen LogP contribution in [0.25, 0.3) is 18.2 Å². The van der Waals surface area contributed by atoms with Crippen LogP contribution in [-0.2, 0) is 4.74 Å². The predicted molar refractivity (Wildman–Crippen MR) is 100 cm³/mol. The molecule has 126 valence electrons. The zero-order chi connectivity index (χ0) is 17.0. The highest BCUT2D eigenvalue weighted by Gasteiger charge is 1.98. The number of aliphatic hydroxyl groups is 1. The van der Waals surface area contributed by atoms with E-state index in [0.717, 1.165) is 36.1 Å². The normalized spacial score (nSPS) is 12.9. The highest BCUT2D eigenvalue weighted by molar-refractivity contribution is 5.69. The van der Waals surface area contributed by atoms with Crippen molar-refractivity contribution in [3.05, 3.63) is 71.6 Å². The van der Waals surface area contributed by atoms with Crippen molar-refractivity contribution in [2.45, 2.75) is 25.9 Å². The third kappa shape index (κ3) is 6.90. The van der Waals surface area contributed by atoms with Crippen molar-refractivity contribution in [1.29, 1.82) is 0 Å². The lowest BCUT2D eigenvalue weighted by molar-refractivity contribution is 0.128. The Bertz CT molecular complexity index is 633. The number of aromatic nitrogens is 1. The Balaban J connectivity index is 1.83. The number of aliphatic hydroxyl groups excluding tert-OH is 1. The molecular formula is C21H25NO2. The molecule has 24 heavy (non-hydrogen) atoms. The van der Waals surface area contributed by atoms with E-state index in [4.69, 9.17) is 4.74 Å². The third-order valence-electron chi connectivity index (χ3n) is 3.59. The fourth-order valence-electron chi connectivity index (χ4n) is 2.24. The van der Waals surface area contributed by atoms with Gasteiger partial charge in [0, 0.05) is 25.6 Å². The van der Waals surface area contributed by atoms with E-state index in [1.807, 2.05) is 55.6 Å². The second kappa shape index (κ2) is 10.5.